The second-order valence-corrected chi connectivity index (χ2v) is 9.07. The molecule has 36 heavy (non-hydrogen) atoms. The van der Waals surface area contributed by atoms with Gasteiger partial charge in [0.25, 0.3) is 5.91 Å². The lowest BCUT2D eigenvalue weighted by molar-refractivity contribution is -0.198. The molecule has 1 aliphatic rings. The number of hydrogen-bond donors (Lipinski definition) is 1. The van der Waals surface area contributed by atoms with E-state index < -0.39 is 12.3 Å². The topological polar surface area (TPSA) is 68.6 Å². The summed E-state index contributed by atoms with van der Waals surface area (Å²) in [6.45, 7) is 20.1. The van der Waals surface area contributed by atoms with Crippen LogP contribution >= 0.6 is 34.8 Å². The van der Waals surface area contributed by atoms with E-state index in [0.717, 1.165) is 5.03 Å². The number of halogens is 3. The van der Waals surface area contributed by atoms with Crippen LogP contribution in [0.2, 0.25) is 10.0 Å². The molecule has 7 nitrogen and oxygen atoms in total. The van der Waals surface area contributed by atoms with Crippen LogP contribution in [0.15, 0.2) is 71.9 Å². The van der Waals surface area contributed by atoms with E-state index >= 15 is 0 Å². The first kappa shape index (κ1) is 32.1. The van der Waals surface area contributed by atoms with E-state index in [0.29, 0.717) is 66.6 Å². The summed E-state index contributed by atoms with van der Waals surface area (Å²) in [7, 11) is 0. The first-order valence-electron chi connectivity index (χ1n) is 11.4. The number of nitrogens with zero attached hydrogens (tertiary/aromatic N) is 4. The Morgan fingerprint density at radius 1 is 1.25 bits per heavy atom. The maximum Gasteiger partial charge on any atom is 0.256 e. The van der Waals surface area contributed by atoms with Crippen molar-refractivity contribution in [1.82, 2.24) is 14.7 Å². The van der Waals surface area contributed by atoms with Crippen molar-refractivity contribution < 1.29 is 14.6 Å². The van der Waals surface area contributed by atoms with Gasteiger partial charge in [0, 0.05) is 54.1 Å². The molecule has 1 aliphatic heterocycles. The van der Waals surface area contributed by atoms with Gasteiger partial charge in [0.15, 0.2) is 0 Å². The largest absolute Gasteiger partial charge is 0.356 e. The van der Waals surface area contributed by atoms with Crippen LogP contribution in [0.5, 0.6) is 0 Å². The molecular formula is C26H35Cl3N4O3. The molecule has 0 aliphatic carbocycles. The van der Waals surface area contributed by atoms with Gasteiger partial charge < -0.3 is 9.84 Å². The Kier molecular flexibility index (Phi) is 14.9. The van der Waals surface area contributed by atoms with E-state index in [2.05, 4.69) is 24.6 Å². The zero-order valence-corrected chi connectivity index (χ0v) is 23.4. The second kappa shape index (κ2) is 16.7. The highest BCUT2D eigenvalue weighted by molar-refractivity contribution is 6.37. The summed E-state index contributed by atoms with van der Waals surface area (Å²) >= 11 is 17.8. The SMILES string of the molecule is C/C=C(\C)Cl.C=CC(=C)N(C(=O)C=C)/C(=N\CN1CCN(C(O)OCC)CC1)c1ccc(Cl)cc1Cl. The van der Waals surface area contributed by atoms with Gasteiger partial charge in [-0.25, -0.2) is 0 Å². The maximum atomic E-state index is 12.6. The minimum atomic E-state index is -0.907. The molecule has 0 spiro atoms. The summed E-state index contributed by atoms with van der Waals surface area (Å²) in [5.74, 6) is -0.0763. The third-order valence-corrected chi connectivity index (χ3v) is 5.92. The van der Waals surface area contributed by atoms with E-state index in [9.17, 15) is 9.90 Å². The number of rotatable bonds is 9. The first-order valence-corrected chi connectivity index (χ1v) is 12.5. The fourth-order valence-corrected chi connectivity index (χ4v) is 3.55. The number of piperazine rings is 1. The number of aliphatic imine (C=N–C) groups is 1. The number of benzene rings is 1. The lowest BCUT2D eigenvalue weighted by Crippen LogP contribution is -2.51. The molecule has 1 atom stereocenters. The molecule has 198 valence electrons. The molecule has 0 radical (unpaired) electrons. The summed E-state index contributed by atoms with van der Waals surface area (Å²) in [5.41, 5.74) is 0.883. The molecule has 0 bridgehead atoms. The average Bonchev–Trinajstić information content (AvgIpc) is 2.87. The molecule has 10 heteroatoms. The number of aliphatic hydroxyl groups excluding tert-OH is 1. The molecule has 1 fully saturated rings. The molecule has 1 amide bonds. The van der Waals surface area contributed by atoms with Gasteiger partial charge in [-0.1, -0.05) is 60.6 Å². The van der Waals surface area contributed by atoms with Crippen LogP contribution in [0.3, 0.4) is 0 Å². The van der Waals surface area contributed by atoms with Crippen molar-refractivity contribution in [2.75, 3.05) is 39.5 Å². The van der Waals surface area contributed by atoms with Crippen LogP contribution in [0.4, 0.5) is 0 Å². The highest BCUT2D eigenvalue weighted by atomic mass is 35.5. The highest BCUT2D eigenvalue weighted by Gasteiger charge is 2.25. The summed E-state index contributed by atoms with van der Waals surface area (Å²) in [5, 5.41) is 11.7. The van der Waals surface area contributed by atoms with Gasteiger partial charge in [0.1, 0.15) is 5.84 Å². The predicted octanol–water partition coefficient (Wildman–Crippen LogP) is 5.49. The van der Waals surface area contributed by atoms with Crippen molar-refractivity contribution in [1.29, 1.82) is 0 Å². The number of hydrogen-bond acceptors (Lipinski definition) is 6. The molecule has 1 unspecified atom stereocenters. The van der Waals surface area contributed by atoms with Crippen LogP contribution in [0.25, 0.3) is 0 Å². The van der Waals surface area contributed by atoms with Gasteiger partial charge in [0.2, 0.25) is 6.41 Å². The average molecular weight is 558 g/mol. The van der Waals surface area contributed by atoms with Crippen LogP contribution in [-0.4, -0.2) is 77.4 Å². The molecule has 1 aromatic rings. The Hall–Kier alpha value is -1.97. The van der Waals surface area contributed by atoms with Crippen LogP contribution < -0.4 is 0 Å². The Morgan fingerprint density at radius 3 is 2.33 bits per heavy atom. The number of carbonyl (C=O) groups excluding carboxylic acids is 1. The standard InChI is InChI=1S/C22H28Cl2N4O3.C4H7Cl/c1-5-16(4)28(20(29)6-2)21(18-9-8-17(23)14-19(18)24)25-15-26-10-12-27(13-11-26)22(30)31-7-3;1-3-4(2)5/h5-6,8-9,14,22,30H,1-2,4,7,10-13,15H2,3H3;3H,1-2H3/b25-21-;4-3+. The van der Waals surface area contributed by atoms with E-state index in [1.54, 1.807) is 18.2 Å². The van der Waals surface area contributed by atoms with E-state index in [1.807, 2.05) is 31.7 Å². The zero-order chi connectivity index (χ0) is 27.3. The number of allylic oxidation sites excluding steroid dienone is 3. The molecule has 1 saturated heterocycles. The Balaban J connectivity index is 0.00000118. The van der Waals surface area contributed by atoms with Gasteiger partial charge in [-0.3, -0.25) is 24.5 Å². The molecule has 0 saturated carbocycles. The normalized spacial score (nSPS) is 16.0. The molecule has 2 rings (SSSR count). The minimum Gasteiger partial charge on any atom is -0.356 e. The van der Waals surface area contributed by atoms with Crippen molar-refractivity contribution >= 4 is 46.5 Å². The van der Waals surface area contributed by atoms with Gasteiger partial charge in [-0.2, -0.15) is 0 Å². The molecule has 1 N–H and O–H groups in total. The highest BCUT2D eigenvalue weighted by Crippen LogP contribution is 2.25. The molecule has 0 aromatic heterocycles. The van der Waals surface area contributed by atoms with Gasteiger partial charge in [-0.15, -0.1) is 0 Å². The predicted molar refractivity (Wildman–Crippen MR) is 150 cm³/mol. The first-order chi connectivity index (χ1) is 17.1. The van der Waals surface area contributed by atoms with Crippen molar-refractivity contribution in [2.45, 2.75) is 27.2 Å². The lowest BCUT2D eigenvalue weighted by Gasteiger charge is -2.36. The quantitative estimate of drug-likeness (QED) is 0.143. The fourth-order valence-electron chi connectivity index (χ4n) is 3.06. The van der Waals surface area contributed by atoms with E-state index in [1.165, 1.54) is 17.1 Å². The third kappa shape index (κ3) is 10.2. The maximum absolute atomic E-state index is 12.6. The van der Waals surface area contributed by atoms with Crippen LogP contribution in [-0.2, 0) is 9.53 Å². The van der Waals surface area contributed by atoms with Gasteiger partial charge in [-0.05, 0) is 51.1 Å². The third-order valence-electron chi connectivity index (χ3n) is 5.15. The van der Waals surface area contributed by atoms with Crippen molar-refractivity contribution in [2.24, 2.45) is 4.99 Å². The Labute approximate surface area is 229 Å². The Morgan fingerprint density at radius 2 is 1.86 bits per heavy atom. The van der Waals surface area contributed by atoms with E-state index in [-0.39, 0.29) is 0 Å². The van der Waals surface area contributed by atoms with Crippen LogP contribution in [0, 0.1) is 0 Å². The number of ether oxygens (including phenoxy) is 1. The zero-order valence-electron chi connectivity index (χ0n) is 21.1. The summed E-state index contributed by atoms with van der Waals surface area (Å²) in [6.07, 6.45) is 3.59. The molecule has 1 heterocycles. The van der Waals surface area contributed by atoms with Crippen molar-refractivity contribution in [3.63, 3.8) is 0 Å². The minimum absolute atomic E-state index is 0.318. The van der Waals surface area contributed by atoms with Gasteiger partial charge in [0.05, 0.1) is 11.7 Å². The van der Waals surface area contributed by atoms with Crippen molar-refractivity contribution in [3.8, 4) is 0 Å². The number of amides is 1. The number of amidine groups is 1. The summed E-state index contributed by atoms with van der Waals surface area (Å²) in [6, 6.07) is 4.98. The van der Waals surface area contributed by atoms with Gasteiger partial charge >= 0.3 is 0 Å². The Bertz CT molecular complexity index is 949. The summed E-state index contributed by atoms with van der Waals surface area (Å²) < 4.78 is 5.24. The van der Waals surface area contributed by atoms with Crippen molar-refractivity contribution in [3.05, 3.63) is 82.5 Å². The number of aliphatic hydroxyl groups is 1. The summed E-state index contributed by atoms with van der Waals surface area (Å²) in [4.78, 5) is 22.6. The number of carbonyl (C=O) groups is 1. The lowest BCUT2D eigenvalue weighted by atomic mass is 10.1. The monoisotopic (exact) mass is 556 g/mol. The second-order valence-electron chi connectivity index (χ2n) is 7.63. The smallest absolute Gasteiger partial charge is 0.256 e. The fraction of sp³-hybridized carbons (Fsp3) is 0.385. The molecular weight excluding hydrogens is 523 g/mol. The van der Waals surface area contributed by atoms with Crippen LogP contribution in [0.1, 0.15) is 26.3 Å². The van der Waals surface area contributed by atoms with E-state index in [4.69, 9.17) is 44.5 Å². The molecule has 1 aromatic carbocycles.